The molecule has 0 N–H and O–H groups in total. The van der Waals surface area contributed by atoms with E-state index in [2.05, 4.69) is 24.5 Å². The van der Waals surface area contributed by atoms with Crippen LogP contribution in [0.3, 0.4) is 0 Å². The van der Waals surface area contributed by atoms with Gasteiger partial charge >= 0.3 is 5.97 Å². The van der Waals surface area contributed by atoms with Crippen LogP contribution in [-0.2, 0) is 23.9 Å². The van der Waals surface area contributed by atoms with E-state index in [1.165, 1.54) is 24.9 Å². The fourth-order valence-electron chi connectivity index (χ4n) is 0.406. The summed E-state index contributed by atoms with van der Waals surface area (Å²) in [5.41, 5.74) is 0. The van der Waals surface area contributed by atoms with E-state index >= 15 is 0 Å². The van der Waals surface area contributed by atoms with Gasteiger partial charge in [-0.15, -0.1) is 0 Å². The molecular formula is C11H14O5. The lowest BCUT2D eigenvalue weighted by Crippen LogP contribution is -2.08. The molecule has 0 fully saturated rings. The van der Waals surface area contributed by atoms with Crippen molar-refractivity contribution in [2.24, 2.45) is 0 Å². The van der Waals surface area contributed by atoms with Gasteiger partial charge in [0.25, 0.3) is 0 Å². The molecule has 0 aliphatic rings. The summed E-state index contributed by atoms with van der Waals surface area (Å²) >= 11 is 0. The molecule has 0 saturated carbocycles. The van der Waals surface area contributed by atoms with Gasteiger partial charge in [0.05, 0.1) is 0 Å². The first-order valence-corrected chi connectivity index (χ1v) is 4.04. The van der Waals surface area contributed by atoms with Crippen LogP contribution in [0, 0.1) is 0 Å². The Bertz CT molecular complexity index is 267. The average Bonchev–Trinajstić information content (AvgIpc) is 2.16. The van der Waals surface area contributed by atoms with Gasteiger partial charge in [0, 0.05) is 0 Å². The van der Waals surface area contributed by atoms with Gasteiger partial charge < -0.3 is 4.74 Å². The molecule has 0 aliphatic carbocycles. The van der Waals surface area contributed by atoms with Crippen molar-refractivity contribution >= 4 is 23.6 Å². The van der Waals surface area contributed by atoms with Crippen molar-refractivity contribution in [2.75, 3.05) is 6.61 Å². The Morgan fingerprint density at radius 2 is 1.62 bits per heavy atom. The summed E-state index contributed by atoms with van der Waals surface area (Å²) in [5.74, 6) is 1.82. The Balaban J connectivity index is -0.000000235. The number of ether oxygens (including phenoxy) is 1. The van der Waals surface area contributed by atoms with Crippen LogP contribution in [0.2, 0.25) is 0 Å². The maximum atomic E-state index is 10.5. The number of hydrogen-bond donors (Lipinski definition) is 0. The van der Waals surface area contributed by atoms with E-state index in [-0.39, 0.29) is 18.8 Å². The van der Waals surface area contributed by atoms with Crippen LogP contribution in [0.1, 0.15) is 13.3 Å². The molecule has 0 spiro atoms. The Morgan fingerprint density at radius 1 is 1.25 bits per heavy atom. The van der Waals surface area contributed by atoms with Crippen LogP contribution in [0.4, 0.5) is 0 Å². The maximum Gasteiger partial charge on any atom is 0.313 e. The van der Waals surface area contributed by atoms with Gasteiger partial charge in [0.1, 0.15) is 30.7 Å². The highest BCUT2D eigenvalue weighted by atomic mass is 16.5. The third-order valence-corrected chi connectivity index (χ3v) is 0.755. The predicted octanol–water partition coefficient (Wildman–Crippen LogP) is 0.703. The second-order valence-corrected chi connectivity index (χ2v) is 2.14. The monoisotopic (exact) mass is 226 g/mol. The molecule has 5 heteroatoms. The Morgan fingerprint density at radius 3 is 1.88 bits per heavy atom. The second-order valence-electron chi connectivity index (χ2n) is 2.14. The zero-order valence-electron chi connectivity index (χ0n) is 9.15. The highest BCUT2D eigenvalue weighted by Crippen LogP contribution is 1.87. The molecule has 5 nitrogen and oxygen atoms in total. The molecule has 0 atom stereocenters. The maximum absolute atomic E-state index is 10.5. The first kappa shape index (κ1) is 19.4. The second kappa shape index (κ2) is 18.5. The minimum Gasteiger partial charge on any atom is -0.461 e. The third kappa shape index (κ3) is 41.0. The fraction of sp³-hybridized carbons (Fsp3) is 0.273. The molecule has 0 bridgehead atoms. The van der Waals surface area contributed by atoms with E-state index in [1.54, 1.807) is 0 Å². The van der Waals surface area contributed by atoms with E-state index in [0.29, 0.717) is 0 Å². The lowest BCUT2D eigenvalue weighted by atomic mass is 10.3. The molecule has 0 aromatic carbocycles. The van der Waals surface area contributed by atoms with Crippen LogP contribution in [0.5, 0.6) is 0 Å². The summed E-state index contributed by atoms with van der Waals surface area (Å²) in [6, 6.07) is 0. The minimum absolute atomic E-state index is 0.145. The normalized spacial score (nSPS) is 6.31. The molecule has 0 rings (SSSR count). The van der Waals surface area contributed by atoms with Gasteiger partial charge in [-0.05, 0) is 20.1 Å². The summed E-state index contributed by atoms with van der Waals surface area (Å²) < 4.78 is 4.52. The van der Waals surface area contributed by atoms with Crippen LogP contribution < -0.4 is 0 Å². The van der Waals surface area contributed by atoms with E-state index in [4.69, 9.17) is 9.59 Å². The van der Waals surface area contributed by atoms with Crippen LogP contribution in [0.15, 0.2) is 25.8 Å². The molecule has 16 heavy (non-hydrogen) atoms. The van der Waals surface area contributed by atoms with E-state index in [1.807, 2.05) is 0 Å². The number of rotatable bonds is 4. The smallest absolute Gasteiger partial charge is 0.313 e. The fourth-order valence-corrected chi connectivity index (χ4v) is 0.406. The summed E-state index contributed by atoms with van der Waals surface area (Å²) in [5, 5.41) is 0. The molecule has 0 radical (unpaired) electrons. The first-order valence-electron chi connectivity index (χ1n) is 4.04. The molecule has 0 amide bonds. The highest BCUT2D eigenvalue weighted by Gasteiger charge is 2.03. The topological polar surface area (TPSA) is 77.5 Å². The van der Waals surface area contributed by atoms with E-state index in [9.17, 15) is 9.59 Å². The van der Waals surface area contributed by atoms with Crippen LogP contribution in [-0.4, -0.2) is 30.2 Å². The molecule has 0 heterocycles. The summed E-state index contributed by atoms with van der Waals surface area (Å²) in [4.78, 5) is 38.0. The number of hydrogen-bond acceptors (Lipinski definition) is 5. The number of esters is 1. The van der Waals surface area contributed by atoms with Gasteiger partial charge in [-0.25, -0.2) is 9.59 Å². The van der Waals surface area contributed by atoms with Crippen molar-refractivity contribution in [1.29, 1.82) is 0 Å². The molecule has 88 valence electrons. The quantitative estimate of drug-likeness (QED) is 0.305. The molecular weight excluding hydrogens is 212 g/mol. The van der Waals surface area contributed by atoms with Crippen molar-refractivity contribution in [3.8, 4) is 0 Å². The summed E-state index contributed by atoms with van der Waals surface area (Å²) in [6.45, 7) is 10.2. The van der Waals surface area contributed by atoms with Crippen molar-refractivity contribution in [3.05, 3.63) is 25.8 Å². The van der Waals surface area contributed by atoms with E-state index < -0.39 is 5.97 Å². The summed E-state index contributed by atoms with van der Waals surface area (Å²) in [6.07, 6.45) is 1.31. The largest absolute Gasteiger partial charge is 0.461 e. The van der Waals surface area contributed by atoms with E-state index in [0.717, 1.165) is 0 Å². The zero-order valence-corrected chi connectivity index (χ0v) is 9.15. The number of ketones is 1. The Labute approximate surface area is 94.1 Å². The average molecular weight is 226 g/mol. The van der Waals surface area contributed by atoms with Crippen molar-refractivity contribution in [3.63, 3.8) is 0 Å². The number of carbonyl (C=O) groups excluding carboxylic acids is 4. The summed E-state index contributed by atoms with van der Waals surface area (Å²) in [7, 11) is 0. The van der Waals surface area contributed by atoms with Gasteiger partial charge in [-0.3, -0.25) is 9.59 Å². The van der Waals surface area contributed by atoms with Crippen LogP contribution in [0.25, 0.3) is 0 Å². The molecule has 0 saturated heterocycles. The Hall–Kier alpha value is -2.22. The predicted molar refractivity (Wildman–Crippen MR) is 59.1 cm³/mol. The van der Waals surface area contributed by atoms with Gasteiger partial charge in [-0.2, -0.15) is 0 Å². The standard InChI is InChI=1S/C7H10O3.2C2H2O/c1-3-4-10-7(9)5-6(2)8;2*1-2-3/h3H,1,4-5H2,2H3;2*1H2. The molecule has 0 aromatic rings. The Kier molecular flexibility index (Phi) is 22.4. The van der Waals surface area contributed by atoms with Gasteiger partial charge in [0.2, 0.25) is 0 Å². The highest BCUT2D eigenvalue weighted by molar-refractivity contribution is 5.94. The van der Waals surface area contributed by atoms with Crippen molar-refractivity contribution < 1.29 is 23.9 Å². The SMILES string of the molecule is C=C=O.C=C=O.C=CCOC(=O)CC(C)=O. The van der Waals surface area contributed by atoms with Gasteiger partial charge in [0.15, 0.2) is 0 Å². The van der Waals surface area contributed by atoms with Crippen molar-refractivity contribution in [2.45, 2.75) is 13.3 Å². The number of carbonyl (C=O) groups is 2. The van der Waals surface area contributed by atoms with Gasteiger partial charge in [-0.1, -0.05) is 12.7 Å². The first-order chi connectivity index (χ1) is 7.49. The zero-order chi connectivity index (χ0) is 13.4. The number of Topliss-reactive ketones (excluding diaryl/α,β-unsaturated/α-hetero) is 1. The minimum atomic E-state index is -0.493. The molecule has 0 aliphatic heterocycles. The lowest BCUT2D eigenvalue weighted by molar-refractivity contribution is -0.144. The molecule has 0 aromatic heterocycles. The lowest BCUT2D eigenvalue weighted by Gasteiger charge is -1.96. The van der Waals surface area contributed by atoms with Crippen LogP contribution >= 0.6 is 0 Å². The molecule has 0 unspecified atom stereocenters. The van der Waals surface area contributed by atoms with Crippen molar-refractivity contribution in [1.82, 2.24) is 0 Å². The third-order valence-electron chi connectivity index (χ3n) is 0.755.